The molecule has 0 amide bonds. The lowest BCUT2D eigenvalue weighted by atomic mass is 10.0. The molecule has 2 aromatic carbocycles. The van der Waals surface area contributed by atoms with Gasteiger partial charge in [0.25, 0.3) is 0 Å². The Morgan fingerprint density at radius 1 is 0.889 bits per heavy atom. The Balaban J connectivity index is 2.28. The Labute approximate surface area is 122 Å². The highest BCUT2D eigenvalue weighted by atomic mass is 79.9. The van der Waals surface area contributed by atoms with Crippen molar-refractivity contribution in [1.82, 2.24) is 0 Å². The van der Waals surface area contributed by atoms with Crippen molar-refractivity contribution >= 4 is 27.7 Å². The molecule has 18 heavy (non-hydrogen) atoms. The van der Waals surface area contributed by atoms with Crippen molar-refractivity contribution in [2.24, 2.45) is 0 Å². The summed E-state index contributed by atoms with van der Waals surface area (Å²) in [6.07, 6.45) is 2.10. The molecule has 0 aromatic heterocycles. The van der Waals surface area contributed by atoms with Gasteiger partial charge < -0.3 is 0 Å². The first kappa shape index (κ1) is 13.7. The molecule has 0 N–H and O–H groups in total. The van der Waals surface area contributed by atoms with E-state index in [4.69, 9.17) is 0 Å². The van der Waals surface area contributed by atoms with Crippen LogP contribution in [0.15, 0.2) is 47.4 Å². The van der Waals surface area contributed by atoms with Gasteiger partial charge in [-0.3, -0.25) is 0 Å². The Morgan fingerprint density at radius 2 is 1.50 bits per heavy atom. The van der Waals surface area contributed by atoms with Gasteiger partial charge in [0.15, 0.2) is 0 Å². The molecule has 2 rings (SSSR count). The summed E-state index contributed by atoms with van der Waals surface area (Å²) in [6, 6.07) is 15.4. The van der Waals surface area contributed by atoms with E-state index >= 15 is 0 Å². The van der Waals surface area contributed by atoms with Gasteiger partial charge in [0, 0.05) is 4.90 Å². The van der Waals surface area contributed by atoms with E-state index in [2.05, 4.69) is 78.5 Å². The molecule has 1 atom stereocenters. The lowest BCUT2D eigenvalue weighted by Gasteiger charge is -2.13. The molecule has 1 unspecified atom stereocenters. The van der Waals surface area contributed by atoms with Crippen LogP contribution in [0.5, 0.6) is 0 Å². The van der Waals surface area contributed by atoms with E-state index < -0.39 is 0 Å². The van der Waals surface area contributed by atoms with Gasteiger partial charge in [0.2, 0.25) is 0 Å². The minimum Gasteiger partial charge on any atom is -0.130 e. The van der Waals surface area contributed by atoms with E-state index in [1.54, 1.807) is 11.8 Å². The summed E-state index contributed by atoms with van der Waals surface area (Å²) in [5.41, 5.74) is 5.31. The van der Waals surface area contributed by atoms with Crippen LogP contribution >= 0.6 is 27.7 Å². The van der Waals surface area contributed by atoms with Gasteiger partial charge in [-0.25, -0.2) is 0 Å². The zero-order valence-corrected chi connectivity index (χ0v) is 13.3. The molecular weight excluding hydrogens is 304 g/mol. The third-order valence-electron chi connectivity index (χ3n) is 3.23. The van der Waals surface area contributed by atoms with Crippen molar-refractivity contribution < 1.29 is 0 Å². The molecule has 0 saturated carbocycles. The monoisotopic (exact) mass is 320 g/mol. The summed E-state index contributed by atoms with van der Waals surface area (Å²) in [6.45, 7) is 4.31. The van der Waals surface area contributed by atoms with E-state index in [1.165, 1.54) is 27.1 Å². The zero-order valence-electron chi connectivity index (χ0n) is 10.9. The predicted octanol–water partition coefficient (Wildman–Crippen LogP) is 5.51. The van der Waals surface area contributed by atoms with Crippen LogP contribution in [0.3, 0.4) is 0 Å². The van der Waals surface area contributed by atoms with Gasteiger partial charge in [0.1, 0.15) is 0 Å². The minimum atomic E-state index is 0.271. The van der Waals surface area contributed by atoms with Crippen molar-refractivity contribution in [3.8, 4) is 0 Å². The van der Waals surface area contributed by atoms with Gasteiger partial charge >= 0.3 is 0 Å². The molecule has 0 bridgehead atoms. The van der Waals surface area contributed by atoms with Crippen molar-refractivity contribution in [3.05, 3.63) is 64.7 Å². The molecule has 0 spiro atoms. The van der Waals surface area contributed by atoms with E-state index in [0.29, 0.717) is 0 Å². The van der Waals surface area contributed by atoms with Crippen LogP contribution < -0.4 is 0 Å². The van der Waals surface area contributed by atoms with Crippen LogP contribution in [-0.4, -0.2) is 6.26 Å². The van der Waals surface area contributed by atoms with Crippen LogP contribution in [0.4, 0.5) is 0 Å². The highest BCUT2D eigenvalue weighted by molar-refractivity contribution is 9.09. The molecule has 0 aliphatic heterocycles. The summed E-state index contributed by atoms with van der Waals surface area (Å²) in [5, 5.41) is 0. The standard InChI is InChI=1S/C16H17BrS/c1-11-4-5-14(10-12(11)2)16(17)13-6-8-15(18-3)9-7-13/h4-10,16H,1-3H3. The second-order valence-electron chi connectivity index (χ2n) is 4.48. The minimum absolute atomic E-state index is 0.271. The highest BCUT2D eigenvalue weighted by Crippen LogP contribution is 2.32. The van der Waals surface area contributed by atoms with Gasteiger partial charge in [0.05, 0.1) is 4.83 Å². The summed E-state index contributed by atoms with van der Waals surface area (Å²) >= 11 is 5.57. The Hall–Kier alpha value is -0.730. The normalized spacial score (nSPS) is 12.4. The number of benzene rings is 2. The average Bonchev–Trinajstić information content (AvgIpc) is 2.41. The van der Waals surface area contributed by atoms with Crippen molar-refractivity contribution in [2.45, 2.75) is 23.6 Å². The second-order valence-corrected chi connectivity index (χ2v) is 6.27. The van der Waals surface area contributed by atoms with Gasteiger partial charge in [-0.05, 0) is 54.5 Å². The molecule has 0 saturated heterocycles. The maximum Gasteiger partial charge on any atom is 0.0644 e. The number of thioether (sulfide) groups is 1. The molecule has 2 heteroatoms. The molecule has 0 heterocycles. The first-order valence-electron chi connectivity index (χ1n) is 5.97. The summed E-state index contributed by atoms with van der Waals surface area (Å²) < 4.78 is 0. The molecule has 0 aliphatic carbocycles. The highest BCUT2D eigenvalue weighted by Gasteiger charge is 2.10. The van der Waals surface area contributed by atoms with E-state index in [9.17, 15) is 0 Å². The quantitative estimate of drug-likeness (QED) is 0.530. The fourth-order valence-corrected chi connectivity index (χ4v) is 2.89. The van der Waals surface area contributed by atoms with Crippen molar-refractivity contribution in [1.29, 1.82) is 0 Å². The van der Waals surface area contributed by atoms with E-state index in [0.717, 1.165) is 0 Å². The summed E-state index contributed by atoms with van der Waals surface area (Å²) in [5.74, 6) is 0. The second kappa shape index (κ2) is 5.94. The lowest BCUT2D eigenvalue weighted by Crippen LogP contribution is -1.94. The Morgan fingerprint density at radius 3 is 2.06 bits per heavy atom. The molecule has 0 fully saturated rings. The number of halogens is 1. The lowest BCUT2D eigenvalue weighted by molar-refractivity contribution is 1.15. The van der Waals surface area contributed by atoms with E-state index in [-0.39, 0.29) is 4.83 Å². The Bertz CT molecular complexity index is 531. The van der Waals surface area contributed by atoms with Crippen LogP contribution in [0.2, 0.25) is 0 Å². The zero-order chi connectivity index (χ0) is 13.1. The number of rotatable bonds is 3. The number of hydrogen-bond acceptors (Lipinski definition) is 1. The first-order chi connectivity index (χ1) is 8.61. The number of hydrogen-bond donors (Lipinski definition) is 0. The molecule has 0 nitrogen and oxygen atoms in total. The largest absolute Gasteiger partial charge is 0.130 e. The summed E-state index contributed by atoms with van der Waals surface area (Å²) in [4.78, 5) is 1.58. The number of alkyl halides is 1. The fraction of sp³-hybridized carbons (Fsp3) is 0.250. The van der Waals surface area contributed by atoms with Crippen molar-refractivity contribution in [3.63, 3.8) is 0 Å². The van der Waals surface area contributed by atoms with Gasteiger partial charge in [-0.2, -0.15) is 0 Å². The van der Waals surface area contributed by atoms with E-state index in [1.807, 2.05) is 0 Å². The van der Waals surface area contributed by atoms with Crippen LogP contribution in [-0.2, 0) is 0 Å². The summed E-state index contributed by atoms with van der Waals surface area (Å²) in [7, 11) is 0. The van der Waals surface area contributed by atoms with Crippen LogP contribution in [0, 0.1) is 13.8 Å². The number of aryl methyl sites for hydroxylation is 2. The van der Waals surface area contributed by atoms with Crippen LogP contribution in [0.1, 0.15) is 27.1 Å². The molecule has 0 radical (unpaired) electrons. The predicted molar refractivity (Wildman–Crippen MR) is 84.9 cm³/mol. The molecule has 0 aliphatic rings. The van der Waals surface area contributed by atoms with Crippen LogP contribution in [0.25, 0.3) is 0 Å². The molecular formula is C16H17BrS. The average molecular weight is 321 g/mol. The first-order valence-corrected chi connectivity index (χ1v) is 8.11. The smallest absolute Gasteiger partial charge is 0.0644 e. The third-order valence-corrected chi connectivity index (χ3v) is 5.03. The third kappa shape index (κ3) is 2.99. The SMILES string of the molecule is CSc1ccc(C(Br)c2ccc(C)c(C)c2)cc1. The van der Waals surface area contributed by atoms with Gasteiger partial charge in [-0.15, -0.1) is 11.8 Å². The topological polar surface area (TPSA) is 0 Å². The Kier molecular flexibility index (Phi) is 4.52. The molecule has 2 aromatic rings. The maximum absolute atomic E-state index is 3.79. The fourth-order valence-electron chi connectivity index (χ4n) is 1.89. The van der Waals surface area contributed by atoms with Gasteiger partial charge in [-0.1, -0.05) is 46.3 Å². The van der Waals surface area contributed by atoms with Crippen molar-refractivity contribution in [2.75, 3.05) is 6.26 Å². The maximum atomic E-state index is 3.79. The molecule has 94 valence electrons.